The Labute approximate surface area is 264 Å². The van der Waals surface area contributed by atoms with Crippen molar-refractivity contribution in [3.63, 3.8) is 0 Å². The number of halogens is 2. The maximum atomic E-state index is 14.2. The van der Waals surface area contributed by atoms with Gasteiger partial charge in [0, 0.05) is 69.0 Å². The van der Waals surface area contributed by atoms with Crippen LogP contribution in [0.1, 0.15) is 76.0 Å². The smallest absolute Gasteiger partial charge is 0.162 e. The van der Waals surface area contributed by atoms with E-state index in [0.717, 1.165) is 52.1 Å². The number of nitrogens with zero attached hydrogens (tertiary/aromatic N) is 1. The zero-order valence-electron chi connectivity index (χ0n) is 25.2. The number of hydrogen-bond donors (Lipinski definition) is 0. The Morgan fingerprint density at radius 3 is 1.95 bits per heavy atom. The van der Waals surface area contributed by atoms with Crippen molar-refractivity contribution in [3.05, 3.63) is 122 Å². The van der Waals surface area contributed by atoms with E-state index >= 15 is 0 Å². The zero-order chi connectivity index (χ0) is 30.5. The molecule has 0 saturated heterocycles. The number of Topliss-reactive ketones (excluding diaryl/α,β-unsaturated/α-hetero) is 2. The normalized spacial score (nSPS) is 19.8. The standard InChI is InChI=1S/C37H37Cl2NO3/c1-36(2)17-28-34(30(41)19-36)33(26-12-8-9-13-32(26)43-22-24-14-15-25(38)16-27(24)39)35-29(18-37(3,4)20-31(35)42)40(28)21-23-10-6-5-7-11-23/h5-16,33H,17-22H2,1-4H3. The fourth-order valence-corrected chi connectivity index (χ4v) is 7.42. The first-order valence-electron chi connectivity index (χ1n) is 14.9. The van der Waals surface area contributed by atoms with Crippen molar-refractivity contribution in [1.82, 2.24) is 4.90 Å². The highest BCUT2D eigenvalue weighted by atomic mass is 35.5. The van der Waals surface area contributed by atoms with Gasteiger partial charge >= 0.3 is 0 Å². The molecule has 6 rings (SSSR count). The summed E-state index contributed by atoms with van der Waals surface area (Å²) < 4.78 is 6.42. The average Bonchev–Trinajstić information content (AvgIpc) is 2.93. The minimum Gasteiger partial charge on any atom is -0.489 e. The summed E-state index contributed by atoms with van der Waals surface area (Å²) in [5, 5.41) is 1.09. The van der Waals surface area contributed by atoms with E-state index in [9.17, 15) is 9.59 Å². The van der Waals surface area contributed by atoms with Gasteiger partial charge in [-0.25, -0.2) is 0 Å². The Kier molecular flexibility index (Phi) is 7.81. The molecular weight excluding hydrogens is 577 g/mol. The van der Waals surface area contributed by atoms with Gasteiger partial charge < -0.3 is 9.64 Å². The molecule has 0 saturated carbocycles. The first-order chi connectivity index (χ1) is 20.4. The molecule has 2 aliphatic carbocycles. The molecule has 4 nitrogen and oxygen atoms in total. The molecule has 0 N–H and O–H groups in total. The number of benzene rings is 3. The third-order valence-corrected chi connectivity index (χ3v) is 9.42. The monoisotopic (exact) mass is 613 g/mol. The van der Waals surface area contributed by atoms with E-state index in [4.69, 9.17) is 27.9 Å². The predicted molar refractivity (Wildman–Crippen MR) is 172 cm³/mol. The van der Waals surface area contributed by atoms with Crippen molar-refractivity contribution in [2.24, 2.45) is 10.8 Å². The van der Waals surface area contributed by atoms with E-state index < -0.39 is 5.92 Å². The number of carbonyl (C=O) groups excluding carboxylic acids is 2. The largest absolute Gasteiger partial charge is 0.489 e. The number of para-hydroxylation sites is 1. The fraction of sp³-hybridized carbons (Fsp3) is 0.351. The summed E-state index contributed by atoms with van der Waals surface area (Å²) in [4.78, 5) is 30.7. The van der Waals surface area contributed by atoms with Crippen molar-refractivity contribution in [2.75, 3.05) is 0 Å². The molecule has 3 aliphatic rings. The van der Waals surface area contributed by atoms with Crippen LogP contribution in [-0.2, 0) is 22.7 Å². The Bertz CT molecular complexity index is 1610. The Balaban J connectivity index is 1.52. The number of carbonyl (C=O) groups is 2. The second-order valence-corrected chi connectivity index (χ2v) is 14.5. The van der Waals surface area contributed by atoms with E-state index in [1.54, 1.807) is 12.1 Å². The lowest BCUT2D eigenvalue weighted by Crippen LogP contribution is -2.44. The maximum Gasteiger partial charge on any atom is 0.162 e. The summed E-state index contributed by atoms with van der Waals surface area (Å²) in [6.07, 6.45) is 2.39. The van der Waals surface area contributed by atoms with E-state index in [-0.39, 0.29) is 29.0 Å². The van der Waals surface area contributed by atoms with Gasteiger partial charge in [0.2, 0.25) is 0 Å². The lowest BCUT2D eigenvalue weighted by Gasteiger charge is -2.49. The van der Waals surface area contributed by atoms with Crippen LogP contribution in [0.15, 0.2) is 95.3 Å². The van der Waals surface area contributed by atoms with Crippen LogP contribution < -0.4 is 4.74 Å². The molecule has 0 spiro atoms. The number of allylic oxidation sites excluding steroid dienone is 4. The minimum atomic E-state index is -0.485. The van der Waals surface area contributed by atoms with Gasteiger partial charge in [0.1, 0.15) is 12.4 Å². The Morgan fingerprint density at radius 2 is 1.35 bits per heavy atom. The van der Waals surface area contributed by atoms with E-state index in [1.165, 1.54) is 0 Å². The van der Waals surface area contributed by atoms with Gasteiger partial charge in [0.25, 0.3) is 0 Å². The lowest BCUT2D eigenvalue weighted by molar-refractivity contribution is -0.119. The van der Waals surface area contributed by atoms with E-state index in [2.05, 4.69) is 44.7 Å². The summed E-state index contributed by atoms with van der Waals surface area (Å²) in [5.74, 6) is 0.369. The highest BCUT2D eigenvalue weighted by Gasteiger charge is 2.49. The topological polar surface area (TPSA) is 46.6 Å². The van der Waals surface area contributed by atoms with Gasteiger partial charge in [0.05, 0.1) is 0 Å². The van der Waals surface area contributed by atoms with Crippen LogP contribution in [0.25, 0.3) is 0 Å². The van der Waals surface area contributed by atoms with Crippen LogP contribution in [0.3, 0.4) is 0 Å². The first-order valence-corrected chi connectivity index (χ1v) is 15.7. The van der Waals surface area contributed by atoms with E-state index in [1.807, 2.05) is 48.5 Å². The van der Waals surface area contributed by atoms with Crippen LogP contribution in [-0.4, -0.2) is 16.5 Å². The van der Waals surface area contributed by atoms with Crippen molar-refractivity contribution >= 4 is 34.8 Å². The number of ketones is 2. The van der Waals surface area contributed by atoms with Crippen molar-refractivity contribution in [3.8, 4) is 5.75 Å². The summed E-state index contributed by atoms with van der Waals surface area (Å²) in [7, 11) is 0. The molecule has 1 heterocycles. The van der Waals surface area contributed by atoms with Crippen LogP contribution in [0.5, 0.6) is 5.75 Å². The molecule has 6 heteroatoms. The van der Waals surface area contributed by atoms with Gasteiger partial charge in [-0.2, -0.15) is 0 Å². The summed E-state index contributed by atoms with van der Waals surface area (Å²) in [6, 6.07) is 23.5. The van der Waals surface area contributed by atoms with Crippen LogP contribution in [0.2, 0.25) is 10.0 Å². The molecule has 0 bridgehead atoms. The lowest BCUT2D eigenvalue weighted by atomic mass is 9.63. The Morgan fingerprint density at radius 1 is 0.767 bits per heavy atom. The second kappa shape index (κ2) is 11.3. The highest BCUT2D eigenvalue weighted by molar-refractivity contribution is 6.35. The second-order valence-electron chi connectivity index (χ2n) is 13.7. The Hall–Kier alpha value is -3.34. The van der Waals surface area contributed by atoms with E-state index in [0.29, 0.717) is 35.2 Å². The van der Waals surface area contributed by atoms with Crippen molar-refractivity contribution in [1.29, 1.82) is 0 Å². The first kappa shape index (κ1) is 29.7. The molecule has 0 atom stereocenters. The summed E-state index contributed by atoms with van der Waals surface area (Å²) in [5.41, 5.74) is 5.97. The molecule has 43 heavy (non-hydrogen) atoms. The molecule has 3 aromatic carbocycles. The zero-order valence-corrected chi connectivity index (χ0v) is 26.7. The number of rotatable bonds is 6. The van der Waals surface area contributed by atoms with Gasteiger partial charge in [0.15, 0.2) is 11.6 Å². The highest BCUT2D eigenvalue weighted by Crippen LogP contribution is 2.55. The molecular formula is C37H37Cl2NO3. The molecule has 1 aliphatic heterocycles. The minimum absolute atomic E-state index is 0.106. The molecule has 0 fully saturated rings. The number of ether oxygens (including phenoxy) is 1. The molecule has 0 unspecified atom stereocenters. The molecule has 0 amide bonds. The average molecular weight is 615 g/mol. The van der Waals surface area contributed by atoms with Crippen LogP contribution in [0, 0.1) is 10.8 Å². The summed E-state index contributed by atoms with van der Waals surface area (Å²) in [6.45, 7) is 9.51. The third kappa shape index (κ3) is 5.92. The molecule has 222 valence electrons. The summed E-state index contributed by atoms with van der Waals surface area (Å²) >= 11 is 12.6. The van der Waals surface area contributed by atoms with Gasteiger partial charge in [-0.1, -0.05) is 105 Å². The fourth-order valence-electron chi connectivity index (χ4n) is 6.96. The maximum absolute atomic E-state index is 14.2. The SMILES string of the molecule is CC1(C)CC(=O)C2=C(C1)N(Cc1ccccc1)C1=C(C(=O)CC(C)(C)C1)C2c1ccccc1OCc1ccc(Cl)cc1Cl. The van der Waals surface area contributed by atoms with Crippen LogP contribution >= 0.6 is 23.2 Å². The van der Waals surface area contributed by atoms with Crippen LogP contribution in [0.4, 0.5) is 0 Å². The predicted octanol–water partition coefficient (Wildman–Crippen LogP) is 9.46. The number of hydrogen-bond acceptors (Lipinski definition) is 4. The molecule has 0 aromatic heterocycles. The van der Waals surface area contributed by atoms with Gasteiger partial charge in [-0.15, -0.1) is 0 Å². The quantitative estimate of drug-likeness (QED) is 0.278. The molecule has 3 aromatic rings. The van der Waals surface area contributed by atoms with Gasteiger partial charge in [-0.05, 0) is 47.4 Å². The van der Waals surface area contributed by atoms with Crippen molar-refractivity contribution < 1.29 is 14.3 Å². The third-order valence-electron chi connectivity index (χ3n) is 8.83. The van der Waals surface area contributed by atoms with Crippen molar-refractivity contribution in [2.45, 2.75) is 72.4 Å². The molecule has 0 radical (unpaired) electrons. The van der Waals surface area contributed by atoms with Gasteiger partial charge in [-0.3, -0.25) is 9.59 Å².